The summed E-state index contributed by atoms with van der Waals surface area (Å²) in [5.41, 5.74) is 0. The lowest BCUT2D eigenvalue weighted by atomic mass is 10.0. The summed E-state index contributed by atoms with van der Waals surface area (Å²) >= 11 is 0. The standard InChI is InChI=1S/C12H18O4/c1-2-5-10(13)12(15)16-11(14)8-9-6-3-4-7-9/h9H,2-8H2,1H3. The molecule has 4 heteroatoms. The van der Waals surface area contributed by atoms with Crippen LogP contribution in [0.4, 0.5) is 0 Å². The van der Waals surface area contributed by atoms with Crippen LogP contribution in [0.25, 0.3) is 0 Å². The zero-order chi connectivity index (χ0) is 12.0. The van der Waals surface area contributed by atoms with Crippen molar-refractivity contribution in [2.24, 2.45) is 5.92 Å². The second-order valence-electron chi connectivity index (χ2n) is 4.29. The molecule has 0 atom stereocenters. The first-order valence-electron chi connectivity index (χ1n) is 5.91. The van der Waals surface area contributed by atoms with Crippen molar-refractivity contribution >= 4 is 17.7 Å². The van der Waals surface area contributed by atoms with E-state index in [-0.39, 0.29) is 12.8 Å². The summed E-state index contributed by atoms with van der Waals surface area (Å²) in [6, 6.07) is 0. The fourth-order valence-corrected chi connectivity index (χ4v) is 1.98. The number of esters is 2. The van der Waals surface area contributed by atoms with Gasteiger partial charge in [-0.05, 0) is 25.2 Å². The number of ether oxygens (including phenoxy) is 1. The second kappa shape index (κ2) is 6.40. The summed E-state index contributed by atoms with van der Waals surface area (Å²) in [5, 5.41) is 0. The van der Waals surface area contributed by atoms with Crippen LogP contribution < -0.4 is 0 Å². The minimum absolute atomic E-state index is 0.148. The number of carbonyl (C=O) groups is 3. The highest BCUT2D eigenvalue weighted by molar-refractivity contribution is 6.35. The van der Waals surface area contributed by atoms with Gasteiger partial charge < -0.3 is 4.74 Å². The molecule has 0 aromatic carbocycles. The third-order valence-corrected chi connectivity index (χ3v) is 2.84. The second-order valence-corrected chi connectivity index (χ2v) is 4.29. The minimum atomic E-state index is -0.996. The van der Waals surface area contributed by atoms with Gasteiger partial charge in [-0.25, -0.2) is 4.79 Å². The van der Waals surface area contributed by atoms with E-state index in [0.29, 0.717) is 12.3 Å². The molecule has 1 aliphatic carbocycles. The molecule has 4 nitrogen and oxygen atoms in total. The molecule has 0 heterocycles. The van der Waals surface area contributed by atoms with E-state index in [1.54, 1.807) is 6.92 Å². The summed E-state index contributed by atoms with van der Waals surface area (Å²) in [6.07, 6.45) is 5.32. The van der Waals surface area contributed by atoms with E-state index in [1.807, 2.05) is 0 Å². The Labute approximate surface area is 95.3 Å². The summed E-state index contributed by atoms with van der Waals surface area (Å²) < 4.78 is 4.50. The third-order valence-electron chi connectivity index (χ3n) is 2.84. The van der Waals surface area contributed by atoms with Gasteiger partial charge in [-0.3, -0.25) is 9.59 Å². The largest absolute Gasteiger partial charge is 0.387 e. The van der Waals surface area contributed by atoms with E-state index < -0.39 is 17.7 Å². The minimum Gasteiger partial charge on any atom is -0.387 e. The van der Waals surface area contributed by atoms with Crippen molar-refractivity contribution < 1.29 is 19.1 Å². The third kappa shape index (κ3) is 4.13. The lowest BCUT2D eigenvalue weighted by molar-refractivity contribution is -0.164. The number of rotatable bonds is 5. The SMILES string of the molecule is CCCC(=O)C(=O)OC(=O)CC1CCCC1. The summed E-state index contributed by atoms with van der Waals surface area (Å²) in [7, 11) is 0. The Morgan fingerprint density at radius 1 is 1.19 bits per heavy atom. The molecule has 0 amide bonds. The van der Waals surface area contributed by atoms with Crippen LogP contribution in [-0.2, 0) is 19.1 Å². The van der Waals surface area contributed by atoms with Crippen molar-refractivity contribution in [1.82, 2.24) is 0 Å². The van der Waals surface area contributed by atoms with Gasteiger partial charge in [0.1, 0.15) is 0 Å². The Morgan fingerprint density at radius 2 is 1.81 bits per heavy atom. The molecule has 0 radical (unpaired) electrons. The van der Waals surface area contributed by atoms with Crippen molar-refractivity contribution in [1.29, 1.82) is 0 Å². The van der Waals surface area contributed by atoms with Crippen molar-refractivity contribution in [3.8, 4) is 0 Å². The lowest BCUT2D eigenvalue weighted by Gasteiger charge is -2.06. The van der Waals surface area contributed by atoms with E-state index in [1.165, 1.54) is 0 Å². The zero-order valence-electron chi connectivity index (χ0n) is 9.66. The highest BCUT2D eigenvalue weighted by atomic mass is 16.6. The molecule has 0 N–H and O–H groups in total. The molecule has 0 unspecified atom stereocenters. The van der Waals surface area contributed by atoms with Gasteiger partial charge >= 0.3 is 11.9 Å². The first kappa shape index (κ1) is 12.9. The van der Waals surface area contributed by atoms with Crippen molar-refractivity contribution in [3.63, 3.8) is 0 Å². The molecule has 0 aromatic heterocycles. The number of ketones is 1. The molecule has 0 saturated heterocycles. The van der Waals surface area contributed by atoms with Gasteiger partial charge in [0.2, 0.25) is 5.78 Å². The predicted molar refractivity (Wildman–Crippen MR) is 57.6 cm³/mol. The Bertz CT molecular complexity index is 277. The van der Waals surface area contributed by atoms with Crippen LogP contribution in [0.3, 0.4) is 0 Å². The highest BCUT2D eigenvalue weighted by Gasteiger charge is 2.23. The van der Waals surface area contributed by atoms with Crippen molar-refractivity contribution in [2.75, 3.05) is 0 Å². The average molecular weight is 226 g/mol. The molecule has 1 saturated carbocycles. The zero-order valence-corrected chi connectivity index (χ0v) is 9.66. The first-order valence-corrected chi connectivity index (χ1v) is 5.91. The number of hydrogen-bond donors (Lipinski definition) is 0. The van der Waals surface area contributed by atoms with Crippen LogP contribution in [0.2, 0.25) is 0 Å². The van der Waals surface area contributed by atoms with Gasteiger partial charge in [0.05, 0.1) is 0 Å². The summed E-state index contributed by atoms with van der Waals surface area (Å²) in [6.45, 7) is 1.80. The molecule has 0 spiro atoms. The van der Waals surface area contributed by atoms with E-state index in [9.17, 15) is 14.4 Å². The van der Waals surface area contributed by atoms with Crippen LogP contribution in [0.5, 0.6) is 0 Å². The van der Waals surface area contributed by atoms with Gasteiger partial charge in [-0.15, -0.1) is 0 Å². The quantitative estimate of drug-likeness (QED) is 0.408. The number of hydrogen-bond acceptors (Lipinski definition) is 4. The molecule has 1 aliphatic rings. The molecule has 0 aromatic rings. The molecule has 0 aliphatic heterocycles. The van der Waals surface area contributed by atoms with E-state index in [4.69, 9.17) is 0 Å². The van der Waals surface area contributed by atoms with Gasteiger partial charge in [-0.1, -0.05) is 19.8 Å². The average Bonchev–Trinajstić information content (AvgIpc) is 2.70. The monoisotopic (exact) mass is 226 g/mol. The Morgan fingerprint density at radius 3 is 2.38 bits per heavy atom. The van der Waals surface area contributed by atoms with Crippen LogP contribution >= 0.6 is 0 Å². The summed E-state index contributed by atoms with van der Waals surface area (Å²) in [5.74, 6) is -1.82. The molecule has 0 bridgehead atoms. The molecular formula is C12H18O4. The normalized spacial score (nSPS) is 16.1. The Balaban J connectivity index is 2.27. The van der Waals surface area contributed by atoms with E-state index >= 15 is 0 Å². The Kier molecular flexibility index (Phi) is 5.15. The topological polar surface area (TPSA) is 60.4 Å². The molecule has 16 heavy (non-hydrogen) atoms. The van der Waals surface area contributed by atoms with E-state index in [2.05, 4.69) is 4.74 Å². The maximum atomic E-state index is 11.3. The van der Waals surface area contributed by atoms with Gasteiger partial charge in [0.15, 0.2) is 0 Å². The fraction of sp³-hybridized carbons (Fsp3) is 0.750. The van der Waals surface area contributed by atoms with Crippen molar-refractivity contribution in [3.05, 3.63) is 0 Å². The van der Waals surface area contributed by atoms with Crippen molar-refractivity contribution in [2.45, 2.75) is 51.9 Å². The molecular weight excluding hydrogens is 208 g/mol. The van der Waals surface area contributed by atoms with Crippen LogP contribution in [-0.4, -0.2) is 17.7 Å². The first-order chi connectivity index (χ1) is 7.63. The molecule has 90 valence electrons. The van der Waals surface area contributed by atoms with Crippen LogP contribution in [0, 0.1) is 5.92 Å². The fourth-order valence-electron chi connectivity index (χ4n) is 1.98. The maximum absolute atomic E-state index is 11.3. The lowest BCUT2D eigenvalue weighted by Crippen LogP contribution is -2.22. The Hall–Kier alpha value is -1.19. The molecule has 1 rings (SSSR count). The van der Waals surface area contributed by atoms with Gasteiger partial charge in [0.25, 0.3) is 0 Å². The van der Waals surface area contributed by atoms with Crippen LogP contribution in [0.15, 0.2) is 0 Å². The highest BCUT2D eigenvalue weighted by Crippen LogP contribution is 2.27. The smallest absolute Gasteiger partial charge is 0.382 e. The predicted octanol–water partition coefficient (Wildman–Crippen LogP) is 2.01. The number of carbonyl (C=O) groups excluding carboxylic acids is 3. The van der Waals surface area contributed by atoms with Gasteiger partial charge in [-0.2, -0.15) is 0 Å². The summed E-state index contributed by atoms with van der Waals surface area (Å²) in [4.78, 5) is 33.5. The maximum Gasteiger partial charge on any atom is 0.382 e. The van der Waals surface area contributed by atoms with Gasteiger partial charge in [0, 0.05) is 12.8 Å². The number of Topliss-reactive ketones (excluding diaryl/α,β-unsaturated/α-hetero) is 1. The molecule has 1 fully saturated rings. The van der Waals surface area contributed by atoms with Crippen LogP contribution in [0.1, 0.15) is 51.9 Å². The van der Waals surface area contributed by atoms with E-state index in [0.717, 1.165) is 25.7 Å².